The zero-order chi connectivity index (χ0) is 26.5. The molecular weight excluding hydrogens is 472 g/mol. The number of aliphatic hydroxyl groups is 2. The predicted molar refractivity (Wildman–Crippen MR) is 134 cm³/mol. The Bertz CT molecular complexity index is 1380. The number of carbonyl (C=O) groups is 1. The van der Waals surface area contributed by atoms with Crippen LogP contribution < -0.4 is 14.2 Å². The maximum atomic E-state index is 13.7. The van der Waals surface area contributed by atoms with E-state index in [0.29, 0.717) is 22.4 Å². The van der Waals surface area contributed by atoms with Gasteiger partial charge in [0.25, 0.3) is 0 Å². The molecule has 0 bridgehead atoms. The molecule has 2 aliphatic rings. The Balaban J connectivity index is 1.89. The smallest absolute Gasteiger partial charge is 0.228 e. The van der Waals surface area contributed by atoms with E-state index in [1.807, 2.05) is 30.3 Å². The van der Waals surface area contributed by atoms with Crippen LogP contribution in [0.4, 0.5) is 0 Å². The summed E-state index contributed by atoms with van der Waals surface area (Å²) in [5.74, 6) is -1.23. The van der Waals surface area contributed by atoms with Gasteiger partial charge in [0.05, 0.1) is 37.3 Å². The van der Waals surface area contributed by atoms with Crippen molar-refractivity contribution >= 4 is 5.91 Å². The second-order valence-electron chi connectivity index (χ2n) is 9.59. The first-order chi connectivity index (χ1) is 17.7. The van der Waals surface area contributed by atoms with E-state index in [0.717, 1.165) is 0 Å². The van der Waals surface area contributed by atoms with Gasteiger partial charge in [0.2, 0.25) is 5.91 Å². The summed E-state index contributed by atoms with van der Waals surface area (Å²) in [5.41, 5.74) is -1.85. The summed E-state index contributed by atoms with van der Waals surface area (Å²) in [4.78, 5) is 15.1. The fourth-order valence-corrected chi connectivity index (χ4v) is 6.03. The number of ether oxygens (including phenoxy) is 3. The Hall–Kier alpha value is -4.06. The molecule has 8 nitrogen and oxygen atoms in total. The molecule has 5 rings (SSSR count). The normalized spacial score (nSPS) is 27.4. The first kappa shape index (κ1) is 24.6. The van der Waals surface area contributed by atoms with Crippen molar-refractivity contribution < 1.29 is 29.2 Å². The quantitative estimate of drug-likeness (QED) is 0.554. The van der Waals surface area contributed by atoms with Crippen LogP contribution in [0, 0.1) is 17.2 Å². The van der Waals surface area contributed by atoms with Gasteiger partial charge in [-0.2, -0.15) is 5.26 Å². The third kappa shape index (κ3) is 3.24. The number of methoxy groups -OCH3 is 2. The first-order valence-corrected chi connectivity index (χ1v) is 11.9. The molecule has 0 spiro atoms. The second kappa shape index (κ2) is 8.80. The van der Waals surface area contributed by atoms with Gasteiger partial charge in [0.1, 0.15) is 23.4 Å². The monoisotopic (exact) mass is 500 g/mol. The molecule has 1 amide bonds. The summed E-state index contributed by atoms with van der Waals surface area (Å²) < 4.78 is 17.8. The molecule has 1 fully saturated rings. The number of nitriles is 1. The SMILES string of the molecule is COc1cc(OC)c2c(c1)O[C@@]1(c3ccc(C#N)cc3)[C@H](c3ccccc3)[C@@H](C(=O)N(C)C)[C@@H](O)[C@@]21O. The molecule has 1 saturated carbocycles. The van der Waals surface area contributed by atoms with E-state index in [2.05, 4.69) is 6.07 Å². The van der Waals surface area contributed by atoms with Gasteiger partial charge in [-0.3, -0.25) is 4.79 Å². The molecule has 0 unspecified atom stereocenters. The van der Waals surface area contributed by atoms with Crippen LogP contribution in [0.1, 0.15) is 28.2 Å². The van der Waals surface area contributed by atoms with Crippen LogP contribution in [0.25, 0.3) is 0 Å². The maximum absolute atomic E-state index is 13.7. The second-order valence-corrected chi connectivity index (χ2v) is 9.59. The van der Waals surface area contributed by atoms with Gasteiger partial charge in [0.15, 0.2) is 11.2 Å². The van der Waals surface area contributed by atoms with Crippen LogP contribution >= 0.6 is 0 Å². The molecule has 8 heteroatoms. The molecule has 190 valence electrons. The summed E-state index contributed by atoms with van der Waals surface area (Å²) in [5, 5.41) is 34.1. The van der Waals surface area contributed by atoms with E-state index in [-0.39, 0.29) is 23.0 Å². The lowest BCUT2D eigenvalue weighted by Crippen LogP contribution is -2.52. The molecule has 1 aliphatic carbocycles. The summed E-state index contributed by atoms with van der Waals surface area (Å²) in [7, 11) is 6.20. The van der Waals surface area contributed by atoms with Crippen LogP contribution in [0.2, 0.25) is 0 Å². The number of carbonyl (C=O) groups excluding carboxylic acids is 1. The minimum atomic E-state index is -2.09. The zero-order valence-electron chi connectivity index (χ0n) is 21.0. The fourth-order valence-electron chi connectivity index (χ4n) is 6.03. The number of aliphatic hydroxyl groups excluding tert-OH is 1. The van der Waals surface area contributed by atoms with Gasteiger partial charge in [-0.05, 0) is 23.3 Å². The highest BCUT2D eigenvalue weighted by molar-refractivity contribution is 5.83. The highest BCUT2D eigenvalue weighted by atomic mass is 16.5. The Morgan fingerprint density at radius 2 is 1.73 bits per heavy atom. The standard InChI is InChI=1S/C29H28N2O6/c1-31(2)27(33)23-24(18-8-6-5-7-9-18)29(19-12-10-17(16-30)11-13-19)28(34,26(23)32)25-21(36-4)14-20(35-3)15-22(25)37-29/h5-15,23-24,26,32,34H,1-4H3/t23-,24-,26-,28+,29+/m1/s1. The molecule has 1 heterocycles. The van der Waals surface area contributed by atoms with Crippen molar-refractivity contribution in [3.63, 3.8) is 0 Å². The van der Waals surface area contributed by atoms with Crippen molar-refractivity contribution in [1.82, 2.24) is 4.90 Å². The topological polar surface area (TPSA) is 112 Å². The fraction of sp³-hybridized carbons (Fsp3) is 0.310. The van der Waals surface area contributed by atoms with Crippen molar-refractivity contribution in [2.45, 2.75) is 23.2 Å². The molecule has 0 radical (unpaired) electrons. The van der Waals surface area contributed by atoms with Crippen LogP contribution in [0.3, 0.4) is 0 Å². The van der Waals surface area contributed by atoms with E-state index in [1.54, 1.807) is 50.5 Å². The minimum absolute atomic E-state index is 0.239. The number of nitrogens with zero attached hydrogens (tertiary/aromatic N) is 2. The lowest BCUT2D eigenvalue weighted by Gasteiger charge is -2.41. The summed E-state index contributed by atoms with van der Waals surface area (Å²) in [6, 6.07) is 21.3. The molecule has 3 aromatic rings. The molecule has 0 saturated heterocycles. The number of benzene rings is 3. The van der Waals surface area contributed by atoms with Crippen molar-refractivity contribution in [3.05, 3.63) is 89.0 Å². The van der Waals surface area contributed by atoms with Crippen molar-refractivity contribution in [2.75, 3.05) is 28.3 Å². The third-order valence-electron chi connectivity index (χ3n) is 7.61. The van der Waals surface area contributed by atoms with E-state index in [4.69, 9.17) is 14.2 Å². The first-order valence-electron chi connectivity index (χ1n) is 11.9. The maximum Gasteiger partial charge on any atom is 0.228 e. The highest BCUT2D eigenvalue weighted by Gasteiger charge is 2.78. The van der Waals surface area contributed by atoms with Crippen molar-refractivity contribution in [3.8, 4) is 23.3 Å². The van der Waals surface area contributed by atoms with E-state index < -0.39 is 29.1 Å². The van der Waals surface area contributed by atoms with Gasteiger partial charge < -0.3 is 29.3 Å². The molecule has 1 aliphatic heterocycles. The Morgan fingerprint density at radius 3 is 2.30 bits per heavy atom. The van der Waals surface area contributed by atoms with Crippen LogP contribution in [-0.2, 0) is 16.0 Å². The van der Waals surface area contributed by atoms with Crippen LogP contribution in [-0.4, -0.2) is 55.4 Å². The Kier molecular flexibility index (Phi) is 5.86. The molecule has 0 aromatic heterocycles. The zero-order valence-corrected chi connectivity index (χ0v) is 21.0. The summed E-state index contributed by atoms with van der Waals surface area (Å²) >= 11 is 0. The number of fused-ring (bicyclic) bond motifs is 3. The largest absolute Gasteiger partial charge is 0.496 e. The summed E-state index contributed by atoms with van der Waals surface area (Å²) in [6.45, 7) is 0. The molecule has 3 aromatic carbocycles. The lowest BCUT2D eigenvalue weighted by molar-refractivity contribution is -0.156. The molecule has 2 N–H and O–H groups in total. The Morgan fingerprint density at radius 1 is 1.05 bits per heavy atom. The van der Waals surface area contributed by atoms with E-state index >= 15 is 0 Å². The van der Waals surface area contributed by atoms with Crippen LogP contribution in [0.15, 0.2) is 66.7 Å². The van der Waals surface area contributed by atoms with Gasteiger partial charge >= 0.3 is 0 Å². The third-order valence-corrected chi connectivity index (χ3v) is 7.61. The minimum Gasteiger partial charge on any atom is -0.496 e. The van der Waals surface area contributed by atoms with Crippen LogP contribution in [0.5, 0.6) is 17.2 Å². The number of hydrogen-bond acceptors (Lipinski definition) is 7. The van der Waals surface area contributed by atoms with E-state index in [1.165, 1.54) is 19.1 Å². The molecule has 37 heavy (non-hydrogen) atoms. The number of amides is 1. The van der Waals surface area contributed by atoms with Gasteiger partial charge in [0, 0.05) is 32.1 Å². The molecular formula is C29H28N2O6. The Labute approximate surface area is 215 Å². The highest BCUT2D eigenvalue weighted by Crippen LogP contribution is 2.70. The number of hydrogen-bond donors (Lipinski definition) is 2. The van der Waals surface area contributed by atoms with Gasteiger partial charge in [-0.15, -0.1) is 0 Å². The average Bonchev–Trinajstić information content (AvgIpc) is 3.30. The van der Waals surface area contributed by atoms with E-state index in [9.17, 15) is 20.3 Å². The predicted octanol–water partition coefficient (Wildman–Crippen LogP) is 2.91. The summed E-state index contributed by atoms with van der Waals surface area (Å²) in [6.07, 6.45) is -1.56. The van der Waals surface area contributed by atoms with Gasteiger partial charge in [-0.1, -0.05) is 42.5 Å². The average molecular weight is 501 g/mol. The van der Waals surface area contributed by atoms with Gasteiger partial charge in [-0.25, -0.2) is 0 Å². The van der Waals surface area contributed by atoms with Crippen molar-refractivity contribution in [2.24, 2.45) is 5.92 Å². The lowest BCUT2D eigenvalue weighted by atomic mass is 9.70. The van der Waals surface area contributed by atoms with Crippen molar-refractivity contribution in [1.29, 1.82) is 5.26 Å². The molecule has 5 atom stereocenters. The number of rotatable bonds is 5.